The highest BCUT2D eigenvalue weighted by Crippen LogP contribution is 2.44. The Bertz CT molecular complexity index is 688. The summed E-state index contributed by atoms with van der Waals surface area (Å²) in [5.74, 6) is -1.10. The van der Waals surface area contributed by atoms with Gasteiger partial charge >= 0.3 is 5.97 Å². The average Bonchev–Trinajstić information content (AvgIpc) is 2.78. The number of carbonyl (C=O) groups excluding carboxylic acids is 2. The molecule has 7 heteroatoms. The number of phenolic OH excluding ortho intramolecular Hbond substituents is 1. The Hall–Kier alpha value is -2.02. The number of methoxy groups -OCH3 is 1. The third kappa shape index (κ3) is 2.14. The second-order valence-corrected chi connectivity index (χ2v) is 4.65. The minimum Gasteiger partial charge on any atom is -0.504 e. The number of furan rings is 1. The van der Waals surface area contributed by atoms with Gasteiger partial charge in [-0.05, 0) is 28.9 Å². The number of fused-ring (bicyclic) bond motifs is 1. The van der Waals surface area contributed by atoms with Crippen molar-refractivity contribution in [2.24, 2.45) is 0 Å². The average molecular weight is 343 g/mol. The van der Waals surface area contributed by atoms with E-state index in [1.807, 2.05) is 0 Å². The molecular weight excluding hydrogens is 332 g/mol. The highest BCUT2D eigenvalue weighted by Gasteiger charge is 2.27. The number of hydrogen-bond donors (Lipinski definition) is 1. The molecule has 1 aromatic heterocycles. The topological polar surface area (TPSA) is 86.0 Å². The Morgan fingerprint density at radius 3 is 2.80 bits per heavy atom. The zero-order valence-electron chi connectivity index (χ0n) is 10.7. The van der Waals surface area contributed by atoms with Crippen molar-refractivity contribution >= 4 is 39.2 Å². The lowest BCUT2D eigenvalue weighted by Crippen LogP contribution is -2.06. The summed E-state index contributed by atoms with van der Waals surface area (Å²) < 4.78 is 15.6. The van der Waals surface area contributed by atoms with Crippen LogP contribution in [0.4, 0.5) is 0 Å². The van der Waals surface area contributed by atoms with Gasteiger partial charge in [-0.1, -0.05) is 0 Å². The number of esters is 1. The molecule has 20 heavy (non-hydrogen) atoms. The maximum Gasteiger partial charge on any atom is 0.342 e. The first-order valence-corrected chi connectivity index (χ1v) is 6.48. The van der Waals surface area contributed by atoms with Crippen molar-refractivity contribution < 1.29 is 28.6 Å². The van der Waals surface area contributed by atoms with E-state index >= 15 is 0 Å². The molecular formula is C13H11BrO6. The van der Waals surface area contributed by atoms with Crippen LogP contribution in [-0.2, 0) is 4.74 Å². The molecule has 2 aromatic rings. The van der Waals surface area contributed by atoms with Crippen LogP contribution < -0.4 is 4.74 Å². The number of carbonyl (C=O) groups is 2. The van der Waals surface area contributed by atoms with E-state index < -0.39 is 5.97 Å². The molecule has 1 aromatic carbocycles. The first-order chi connectivity index (χ1) is 9.54. The lowest BCUT2D eigenvalue weighted by Gasteiger charge is -2.07. The minimum atomic E-state index is -0.743. The van der Waals surface area contributed by atoms with Crippen LogP contribution in [0.5, 0.6) is 11.5 Å². The molecule has 0 aliphatic heterocycles. The summed E-state index contributed by atoms with van der Waals surface area (Å²) in [6.45, 7) is 1.77. The van der Waals surface area contributed by atoms with Gasteiger partial charge in [-0.25, -0.2) is 4.79 Å². The minimum absolute atomic E-state index is 0.0885. The van der Waals surface area contributed by atoms with Crippen molar-refractivity contribution in [1.82, 2.24) is 0 Å². The Balaban J connectivity index is 2.83. The first-order valence-electron chi connectivity index (χ1n) is 5.69. The monoisotopic (exact) mass is 342 g/mol. The Labute approximate surface area is 122 Å². The molecule has 0 amide bonds. The molecule has 1 heterocycles. The van der Waals surface area contributed by atoms with Crippen LogP contribution in [0.3, 0.4) is 0 Å². The molecule has 106 valence electrons. The molecule has 0 fully saturated rings. The van der Waals surface area contributed by atoms with E-state index in [0.29, 0.717) is 10.8 Å². The van der Waals surface area contributed by atoms with E-state index in [1.165, 1.54) is 13.2 Å². The summed E-state index contributed by atoms with van der Waals surface area (Å²) in [5, 5.41) is 10.3. The summed E-state index contributed by atoms with van der Waals surface area (Å²) in [6, 6.07) is 1.50. The van der Waals surface area contributed by atoms with Crippen LogP contribution in [0.15, 0.2) is 15.0 Å². The van der Waals surface area contributed by atoms with Gasteiger partial charge in [-0.2, -0.15) is 0 Å². The van der Waals surface area contributed by atoms with Crippen LogP contribution in [0.1, 0.15) is 27.8 Å². The Kier molecular flexibility index (Phi) is 3.99. The number of phenols is 1. The maximum atomic E-state index is 11.9. The third-order valence-corrected chi connectivity index (χ3v) is 3.27. The molecule has 0 atom stereocenters. The van der Waals surface area contributed by atoms with E-state index in [4.69, 9.17) is 13.9 Å². The van der Waals surface area contributed by atoms with Gasteiger partial charge in [-0.3, -0.25) is 4.79 Å². The quantitative estimate of drug-likeness (QED) is 0.679. The van der Waals surface area contributed by atoms with E-state index in [-0.39, 0.29) is 40.4 Å². The molecule has 2 rings (SSSR count). The van der Waals surface area contributed by atoms with Crippen LogP contribution in [0, 0.1) is 0 Å². The van der Waals surface area contributed by atoms with Gasteiger partial charge in [0.15, 0.2) is 23.5 Å². The van der Waals surface area contributed by atoms with Crippen LogP contribution in [0.25, 0.3) is 11.0 Å². The normalized spacial score (nSPS) is 10.6. The second-order valence-electron chi connectivity index (χ2n) is 3.79. The van der Waals surface area contributed by atoms with Gasteiger partial charge in [0.2, 0.25) is 0 Å². The van der Waals surface area contributed by atoms with Crippen LogP contribution in [0.2, 0.25) is 0 Å². The molecule has 0 aliphatic carbocycles. The van der Waals surface area contributed by atoms with Gasteiger partial charge in [0.25, 0.3) is 0 Å². The molecule has 0 unspecified atom stereocenters. The van der Waals surface area contributed by atoms with Crippen molar-refractivity contribution in [2.75, 3.05) is 13.7 Å². The second kappa shape index (κ2) is 5.54. The lowest BCUT2D eigenvalue weighted by atomic mass is 10.1. The van der Waals surface area contributed by atoms with E-state index in [2.05, 4.69) is 15.9 Å². The van der Waals surface area contributed by atoms with Crippen molar-refractivity contribution in [2.45, 2.75) is 6.92 Å². The molecule has 6 nitrogen and oxygen atoms in total. The van der Waals surface area contributed by atoms with Gasteiger partial charge in [0.05, 0.1) is 23.6 Å². The van der Waals surface area contributed by atoms with E-state index in [0.717, 1.165) is 0 Å². The smallest absolute Gasteiger partial charge is 0.342 e. The summed E-state index contributed by atoms with van der Waals surface area (Å²) in [5.41, 5.74) is 0.0699. The zero-order chi connectivity index (χ0) is 14.9. The third-order valence-electron chi connectivity index (χ3n) is 2.68. The van der Waals surface area contributed by atoms with Gasteiger partial charge < -0.3 is 19.0 Å². The highest BCUT2D eigenvalue weighted by molar-refractivity contribution is 9.10. The van der Waals surface area contributed by atoms with E-state index in [1.54, 1.807) is 6.92 Å². The van der Waals surface area contributed by atoms with Crippen molar-refractivity contribution in [3.05, 3.63) is 21.9 Å². The fourth-order valence-electron chi connectivity index (χ4n) is 1.89. The standard InChI is InChI=1S/C13H11BrO6/c1-3-19-13(17)10-8(5-15)20-7-4-6(14)12(18-2)11(16)9(7)10/h4-5,16H,3H2,1-2H3. The summed E-state index contributed by atoms with van der Waals surface area (Å²) in [7, 11) is 1.37. The summed E-state index contributed by atoms with van der Waals surface area (Å²) in [6.07, 6.45) is 0.395. The maximum absolute atomic E-state index is 11.9. The molecule has 0 saturated heterocycles. The summed E-state index contributed by atoms with van der Waals surface area (Å²) in [4.78, 5) is 23.0. The number of hydrogen-bond acceptors (Lipinski definition) is 6. The van der Waals surface area contributed by atoms with E-state index in [9.17, 15) is 14.7 Å². The molecule has 0 saturated carbocycles. The number of ether oxygens (including phenoxy) is 2. The molecule has 0 spiro atoms. The lowest BCUT2D eigenvalue weighted by molar-refractivity contribution is 0.0524. The fourth-order valence-corrected chi connectivity index (χ4v) is 2.45. The number of aldehydes is 1. The number of benzene rings is 1. The largest absolute Gasteiger partial charge is 0.504 e. The molecule has 0 aliphatic rings. The number of rotatable bonds is 4. The summed E-state index contributed by atoms with van der Waals surface area (Å²) >= 11 is 3.20. The molecule has 0 bridgehead atoms. The van der Waals surface area contributed by atoms with Gasteiger partial charge in [0.1, 0.15) is 11.1 Å². The van der Waals surface area contributed by atoms with Gasteiger partial charge in [0, 0.05) is 0 Å². The SMILES string of the molecule is CCOC(=O)c1c(C=O)oc2cc(Br)c(OC)c(O)c12. The van der Waals surface area contributed by atoms with Crippen molar-refractivity contribution in [1.29, 1.82) is 0 Å². The van der Waals surface area contributed by atoms with Crippen LogP contribution in [-0.4, -0.2) is 31.1 Å². The first kappa shape index (κ1) is 14.4. The Morgan fingerprint density at radius 1 is 1.55 bits per heavy atom. The zero-order valence-corrected chi connectivity index (χ0v) is 12.3. The molecule has 0 radical (unpaired) electrons. The predicted molar refractivity (Wildman–Crippen MR) is 73.5 cm³/mol. The van der Waals surface area contributed by atoms with Crippen molar-refractivity contribution in [3.8, 4) is 11.5 Å². The molecule has 1 N–H and O–H groups in total. The number of halogens is 1. The van der Waals surface area contributed by atoms with Crippen LogP contribution >= 0.6 is 15.9 Å². The van der Waals surface area contributed by atoms with Crippen molar-refractivity contribution in [3.63, 3.8) is 0 Å². The number of aromatic hydroxyl groups is 1. The fraction of sp³-hybridized carbons (Fsp3) is 0.231. The van der Waals surface area contributed by atoms with Gasteiger partial charge in [-0.15, -0.1) is 0 Å². The highest BCUT2D eigenvalue weighted by atomic mass is 79.9. The Morgan fingerprint density at radius 2 is 2.25 bits per heavy atom. The predicted octanol–water partition coefficient (Wildman–Crippen LogP) is 2.90.